The molecule has 1 unspecified atom stereocenters. The van der Waals surface area contributed by atoms with Gasteiger partial charge in [-0.05, 0) is 32.3 Å². The third-order valence-electron chi connectivity index (χ3n) is 5.60. The van der Waals surface area contributed by atoms with Gasteiger partial charge in [0.1, 0.15) is 5.69 Å². The molecule has 0 aliphatic carbocycles. The Morgan fingerprint density at radius 1 is 0.679 bits per heavy atom. The molecule has 2 nitrogen and oxygen atoms in total. The van der Waals surface area contributed by atoms with E-state index in [0.717, 1.165) is 43.9 Å². The number of nitrogens with zero attached hydrogens (tertiary/aromatic N) is 2. The van der Waals surface area contributed by atoms with E-state index in [0.29, 0.717) is 11.1 Å². The van der Waals surface area contributed by atoms with Crippen LogP contribution < -0.4 is 5.12 Å². The molecule has 28 heavy (non-hydrogen) atoms. The summed E-state index contributed by atoms with van der Waals surface area (Å²) in [6.45, 7) is 0. The van der Waals surface area contributed by atoms with Crippen LogP contribution in [0.2, 0.25) is 0 Å². The molecule has 0 aromatic heterocycles. The van der Waals surface area contributed by atoms with Crippen LogP contribution in [0.1, 0.15) is 0 Å². The Hall–Kier alpha value is -3.53. The van der Waals surface area contributed by atoms with Crippen LogP contribution in [0.5, 0.6) is 0 Å². The maximum absolute atomic E-state index is 15.1. The Kier molecular flexibility index (Phi) is 3.04. The predicted octanol–water partition coefficient (Wildman–Crippen LogP) is 7.00. The van der Waals surface area contributed by atoms with Gasteiger partial charge in [-0.1, -0.05) is 77.3 Å². The number of hydrogen-bond donors (Lipinski definition) is 0. The highest BCUT2D eigenvalue weighted by Gasteiger charge is 2.29. The van der Waals surface area contributed by atoms with Crippen molar-refractivity contribution >= 4 is 60.7 Å². The van der Waals surface area contributed by atoms with Crippen molar-refractivity contribution in [2.75, 3.05) is 5.12 Å². The molecule has 1 atom stereocenters. The average molecular weight is 368 g/mol. The van der Waals surface area contributed by atoms with E-state index in [9.17, 15) is 4.39 Å². The lowest BCUT2D eigenvalue weighted by atomic mass is 9.91. The minimum Gasteiger partial charge on any atom is -0.253 e. The zero-order valence-corrected chi connectivity index (χ0v) is 14.7. The third kappa shape index (κ3) is 1.92. The van der Waals surface area contributed by atoms with Gasteiger partial charge in [0.2, 0.25) is 6.30 Å². The number of anilines is 1. The number of halogens is 2. The van der Waals surface area contributed by atoms with E-state index < -0.39 is 6.30 Å². The number of alkyl halides is 1. The summed E-state index contributed by atoms with van der Waals surface area (Å²) in [6, 6.07) is 23.9. The van der Waals surface area contributed by atoms with Crippen LogP contribution in [0.15, 0.2) is 77.8 Å². The summed E-state index contributed by atoms with van der Waals surface area (Å²) >= 11 is 0. The van der Waals surface area contributed by atoms with E-state index in [1.54, 1.807) is 0 Å². The van der Waals surface area contributed by atoms with Crippen molar-refractivity contribution in [3.63, 3.8) is 0 Å². The highest BCUT2D eigenvalue weighted by atomic mass is 19.2. The van der Waals surface area contributed by atoms with Crippen molar-refractivity contribution in [2.45, 2.75) is 6.30 Å². The highest BCUT2D eigenvalue weighted by molar-refractivity contribution is 6.31. The molecule has 4 heteroatoms. The van der Waals surface area contributed by atoms with Gasteiger partial charge < -0.3 is 0 Å². The lowest BCUT2D eigenvalue weighted by Gasteiger charge is -2.26. The van der Waals surface area contributed by atoms with Crippen molar-refractivity contribution in [1.29, 1.82) is 0 Å². The molecular formula is C24H14F2N2. The highest BCUT2D eigenvalue weighted by Crippen LogP contribution is 2.50. The Balaban J connectivity index is 1.97. The molecule has 5 aromatic carbocycles. The second-order valence-electron chi connectivity index (χ2n) is 7.08. The van der Waals surface area contributed by atoms with Gasteiger partial charge >= 0.3 is 0 Å². The van der Waals surface area contributed by atoms with Crippen LogP contribution in [0, 0.1) is 0 Å². The maximum atomic E-state index is 15.1. The molecule has 0 saturated carbocycles. The van der Waals surface area contributed by atoms with Crippen molar-refractivity contribution in [3.8, 4) is 0 Å². The van der Waals surface area contributed by atoms with E-state index in [-0.39, 0.29) is 10.8 Å². The SMILES string of the molecule is FC1C=Nc2c(c3c4ccccc4ccc3c3ccc4ccccc4c23)N1F. The fourth-order valence-corrected chi connectivity index (χ4v) is 4.39. The van der Waals surface area contributed by atoms with Gasteiger partial charge in [-0.15, -0.1) is 0 Å². The molecule has 0 amide bonds. The molecule has 0 spiro atoms. The Labute approximate surface area is 159 Å². The van der Waals surface area contributed by atoms with E-state index in [2.05, 4.69) is 17.1 Å². The number of hydrogen-bond acceptors (Lipinski definition) is 2. The molecule has 0 radical (unpaired) electrons. The van der Waals surface area contributed by atoms with Crippen molar-refractivity contribution in [2.24, 2.45) is 4.99 Å². The fourth-order valence-electron chi connectivity index (χ4n) is 4.39. The number of aliphatic imine (C=N–C) groups is 1. The van der Waals surface area contributed by atoms with Gasteiger partial charge in [0, 0.05) is 10.8 Å². The van der Waals surface area contributed by atoms with Crippen LogP contribution in [0.4, 0.5) is 20.2 Å². The Bertz CT molecular complexity index is 1460. The first kappa shape index (κ1) is 15.5. The Morgan fingerprint density at radius 2 is 1.25 bits per heavy atom. The Morgan fingerprint density at radius 3 is 1.93 bits per heavy atom. The number of rotatable bonds is 0. The smallest absolute Gasteiger partial charge is 0.236 e. The summed E-state index contributed by atoms with van der Waals surface area (Å²) in [6.07, 6.45) is -0.873. The van der Waals surface area contributed by atoms with Gasteiger partial charge in [-0.3, -0.25) is 4.99 Å². The van der Waals surface area contributed by atoms with Crippen molar-refractivity contribution in [1.82, 2.24) is 0 Å². The molecule has 0 N–H and O–H groups in total. The second kappa shape index (κ2) is 5.49. The fraction of sp³-hybridized carbons (Fsp3) is 0.0417. The van der Waals surface area contributed by atoms with Gasteiger partial charge in [0.05, 0.1) is 11.9 Å². The topological polar surface area (TPSA) is 15.6 Å². The zero-order valence-electron chi connectivity index (χ0n) is 14.7. The lowest BCUT2D eigenvalue weighted by molar-refractivity contribution is 0.289. The minimum atomic E-state index is -1.90. The molecular weight excluding hydrogens is 354 g/mol. The maximum Gasteiger partial charge on any atom is 0.236 e. The lowest BCUT2D eigenvalue weighted by Crippen LogP contribution is -2.27. The average Bonchev–Trinajstić information content (AvgIpc) is 2.75. The molecule has 1 heterocycles. The molecule has 134 valence electrons. The van der Waals surface area contributed by atoms with Crippen molar-refractivity contribution < 1.29 is 8.87 Å². The first-order valence-corrected chi connectivity index (χ1v) is 9.16. The van der Waals surface area contributed by atoms with Crippen molar-refractivity contribution in [3.05, 3.63) is 72.8 Å². The summed E-state index contributed by atoms with van der Waals surface area (Å²) in [5.74, 6) is 0. The largest absolute Gasteiger partial charge is 0.253 e. The molecule has 1 aliphatic rings. The molecule has 6 rings (SSSR count). The summed E-state index contributed by atoms with van der Waals surface area (Å²) < 4.78 is 29.4. The first-order valence-electron chi connectivity index (χ1n) is 9.16. The second-order valence-corrected chi connectivity index (χ2v) is 7.08. The summed E-state index contributed by atoms with van der Waals surface area (Å²) in [4.78, 5) is 4.38. The summed E-state index contributed by atoms with van der Waals surface area (Å²) in [7, 11) is 0. The van der Waals surface area contributed by atoms with Gasteiger partial charge in [-0.25, -0.2) is 4.39 Å². The monoisotopic (exact) mass is 368 g/mol. The van der Waals surface area contributed by atoms with Crippen LogP contribution in [-0.4, -0.2) is 12.5 Å². The molecule has 5 aromatic rings. The molecule has 1 aliphatic heterocycles. The summed E-state index contributed by atoms with van der Waals surface area (Å²) in [5, 5.41) is 7.52. The van der Waals surface area contributed by atoms with Crippen LogP contribution in [0.25, 0.3) is 43.1 Å². The van der Waals surface area contributed by atoms with Crippen LogP contribution in [-0.2, 0) is 0 Å². The molecule has 0 fully saturated rings. The van der Waals surface area contributed by atoms with Gasteiger partial charge in [-0.2, -0.15) is 5.12 Å². The first-order chi connectivity index (χ1) is 13.7. The third-order valence-corrected chi connectivity index (χ3v) is 5.60. The number of fused-ring (bicyclic) bond motifs is 10. The van der Waals surface area contributed by atoms with Gasteiger partial charge in [0.25, 0.3) is 0 Å². The minimum absolute atomic E-state index is 0.200. The zero-order chi connectivity index (χ0) is 18.8. The number of benzene rings is 5. The molecule has 0 bridgehead atoms. The quantitative estimate of drug-likeness (QED) is 0.163. The van der Waals surface area contributed by atoms with E-state index in [1.807, 2.05) is 60.7 Å². The molecule has 0 saturated heterocycles. The van der Waals surface area contributed by atoms with Crippen LogP contribution >= 0.6 is 0 Å². The van der Waals surface area contributed by atoms with E-state index >= 15 is 4.48 Å². The summed E-state index contributed by atoms with van der Waals surface area (Å²) in [5.41, 5.74) is 0.678. The van der Waals surface area contributed by atoms with E-state index in [1.165, 1.54) is 0 Å². The normalized spacial score (nSPS) is 16.4. The van der Waals surface area contributed by atoms with Gasteiger partial charge in [0.15, 0.2) is 0 Å². The van der Waals surface area contributed by atoms with Crippen LogP contribution in [0.3, 0.4) is 0 Å². The van der Waals surface area contributed by atoms with E-state index in [4.69, 9.17) is 0 Å². The predicted molar refractivity (Wildman–Crippen MR) is 113 cm³/mol. The standard InChI is InChI=1S/C24H14F2N2/c25-20-13-27-23-21-16-7-3-1-5-14(16)9-11-18(21)19-12-10-15-6-2-4-8-17(15)22(19)24(23)28(20)26/h1-13,20H.